The zero-order valence-corrected chi connectivity index (χ0v) is 16.3. The SMILES string of the molecule is CC(C)C(NC(=O)C1CCCN1)C(=O)NC(CS)C(=O)NC(CO)C(=O)O. The number of carbonyl (C=O) groups is 4. The number of aliphatic hydroxyl groups excluding tert-OH is 1. The third-order valence-electron chi connectivity index (χ3n) is 4.24. The standard InChI is InChI=1S/C16H28N4O6S/c1-8(2)12(20-13(22)9-4-3-5-17-9)15(24)19-11(7-27)14(23)18-10(6-21)16(25)26/h8-12,17,21,27H,3-7H2,1-2H3,(H,18,23)(H,19,24)(H,20,22)(H,25,26). The fourth-order valence-electron chi connectivity index (χ4n) is 2.61. The highest BCUT2D eigenvalue weighted by molar-refractivity contribution is 7.80. The Bertz CT molecular complexity index is 553. The predicted octanol–water partition coefficient (Wildman–Crippen LogP) is -2.14. The molecule has 1 heterocycles. The van der Waals surface area contributed by atoms with E-state index in [-0.39, 0.29) is 23.6 Å². The molecule has 0 spiro atoms. The van der Waals surface area contributed by atoms with Gasteiger partial charge in [-0.3, -0.25) is 14.4 Å². The molecule has 1 fully saturated rings. The Morgan fingerprint density at radius 2 is 1.74 bits per heavy atom. The molecule has 4 atom stereocenters. The second-order valence-electron chi connectivity index (χ2n) is 6.70. The lowest BCUT2D eigenvalue weighted by Crippen LogP contribution is -2.59. The molecule has 0 aromatic rings. The highest BCUT2D eigenvalue weighted by Crippen LogP contribution is 2.08. The molecular weight excluding hydrogens is 376 g/mol. The van der Waals surface area contributed by atoms with Gasteiger partial charge >= 0.3 is 5.97 Å². The smallest absolute Gasteiger partial charge is 0.328 e. The number of carboxylic acid groups (broad SMARTS) is 1. The Morgan fingerprint density at radius 3 is 2.19 bits per heavy atom. The molecule has 0 aromatic heterocycles. The lowest BCUT2D eigenvalue weighted by Gasteiger charge is -2.26. The first-order valence-electron chi connectivity index (χ1n) is 8.80. The molecule has 6 N–H and O–H groups in total. The second kappa shape index (κ2) is 11.1. The summed E-state index contributed by atoms with van der Waals surface area (Å²) in [5.41, 5.74) is 0. The van der Waals surface area contributed by atoms with Gasteiger partial charge in [0.15, 0.2) is 0 Å². The number of carbonyl (C=O) groups excluding carboxylic acids is 3. The van der Waals surface area contributed by atoms with Crippen LogP contribution in [0.4, 0.5) is 0 Å². The van der Waals surface area contributed by atoms with Crippen molar-refractivity contribution in [3.05, 3.63) is 0 Å². The molecule has 3 amide bonds. The zero-order valence-electron chi connectivity index (χ0n) is 15.4. The first kappa shape index (κ1) is 23.2. The number of nitrogens with one attached hydrogen (secondary N) is 4. The maximum Gasteiger partial charge on any atom is 0.328 e. The number of aliphatic hydroxyl groups is 1. The number of hydrogen-bond donors (Lipinski definition) is 7. The number of rotatable bonds is 10. The number of amides is 3. The number of hydrogen-bond acceptors (Lipinski definition) is 7. The minimum Gasteiger partial charge on any atom is -0.480 e. The number of thiol groups is 1. The number of aliphatic carboxylic acids is 1. The van der Waals surface area contributed by atoms with E-state index in [1.165, 1.54) is 0 Å². The molecule has 0 aliphatic carbocycles. The zero-order chi connectivity index (χ0) is 20.6. The van der Waals surface area contributed by atoms with Gasteiger partial charge in [0.2, 0.25) is 17.7 Å². The van der Waals surface area contributed by atoms with Crippen LogP contribution in [0.3, 0.4) is 0 Å². The fourth-order valence-corrected chi connectivity index (χ4v) is 2.87. The van der Waals surface area contributed by atoms with E-state index in [1.54, 1.807) is 13.8 Å². The summed E-state index contributed by atoms with van der Waals surface area (Å²) < 4.78 is 0. The Balaban J connectivity index is 2.72. The quantitative estimate of drug-likeness (QED) is 0.205. The summed E-state index contributed by atoms with van der Waals surface area (Å²) in [6.45, 7) is 3.48. The van der Waals surface area contributed by atoms with Crippen LogP contribution in [0.5, 0.6) is 0 Å². The maximum absolute atomic E-state index is 12.6. The second-order valence-corrected chi connectivity index (χ2v) is 7.07. The molecule has 10 nitrogen and oxygen atoms in total. The van der Waals surface area contributed by atoms with Crippen molar-refractivity contribution in [2.45, 2.75) is 50.9 Å². The van der Waals surface area contributed by atoms with Gasteiger partial charge in [0.1, 0.15) is 18.1 Å². The molecule has 1 saturated heterocycles. The molecule has 4 unspecified atom stereocenters. The van der Waals surface area contributed by atoms with Gasteiger partial charge in [-0.1, -0.05) is 13.8 Å². The molecule has 1 aliphatic heterocycles. The van der Waals surface area contributed by atoms with Crippen molar-refractivity contribution in [3.8, 4) is 0 Å². The first-order chi connectivity index (χ1) is 12.7. The predicted molar refractivity (Wildman–Crippen MR) is 100 cm³/mol. The molecule has 0 saturated carbocycles. The van der Waals surface area contributed by atoms with Crippen molar-refractivity contribution in [1.29, 1.82) is 0 Å². The van der Waals surface area contributed by atoms with E-state index in [2.05, 4.69) is 33.9 Å². The van der Waals surface area contributed by atoms with Crippen molar-refractivity contribution in [3.63, 3.8) is 0 Å². The van der Waals surface area contributed by atoms with E-state index in [4.69, 9.17) is 10.2 Å². The number of carboxylic acids is 1. The minimum atomic E-state index is -1.48. The Morgan fingerprint density at radius 1 is 1.11 bits per heavy atom. The van der Waals surface area contributed by atoms with Crippen LogP contribution in [-0.2, 0) is 19.2 Å². The van der Waals surface area contributed by atoms with Gasteiger partial charge < -0.3 is 31.5 Å². The van der Waals surface area contributed by atoms with Crippen LogP contribution < -0.4 is 21.3 Å². The monoisotopic (exact) mass is 404 g/mol. The molecule has 11 heteroatoms. The van der Waals surface area contributed by atoms with Gasteiger partial charge in [-0.25, -0.2) is 4.79 Å². The first-order valence-corrected chi connectivity index (χ1v) is 9.43. The molecule has 1 aliphatic rings. The molecule has 1 rings (SSSR count). The Hall–Kier alpha value is -1.85. The third kappa shape index (κ3) is 7.00. The largest absolute Gasteiger partial charge is 0.480 e. The molecule has 0 aromatic carbocycles. The van der Waals surface area contributed by atoms with Crippen LogP contribution in [0.2, 0.25) is 0 Å². The van der Waals surface area contributed by atoms with Gasteiger partial charge in [0.25, 0.3) is 0 Å². The average molecular weight is 404 g/mol. The lowest BCUT2D eigenvalue weighted by molar-refractivity contribution is -0.143. The highest BCUT2D eigenvalue weighted by atomic mass is 32.1. The Labute approximate surface area is 163 Å². The maximum atomic E-state index is 12.6. The summed E-state index contributed by atoms with van der Waals surface area (Å²) in [7, 11) is 0. The van der Waals surface area contributed by atoms with Crippen LogP contribution in [0.15, 0.2) is 0 Å². The highest BCUT2D eigenvalue weighted by Gasteiger charge is 2.32. The molecular formula is C16H28N4O6S. The van der Waals surface area contributed by atoms with Crippen LogP contribution in [0.1, 0.15) is 26.7 Å². The van der Waals surface area contributed by atoms with E-state index in [0.29, 0.717) is 6.42 Å². The normalized spacial score (nSPS) is 19.8. The lowest BCUT2D eigenvalue weighted by atomic mass is 10.0. The summed E-state index contributed by atoms with van der Waals surface area (Å²) >= 11 is 4.01. The Kier molecular flexibility index (Phi) is 9.53. The average Bonchev–Trinajstić information content (AvgIpc) is 3.15. The topological polar surface area (TPSA) is 157 Å². The molecule has 0 bridgehead atoms. The summed E-state index contributed by atoms with van der Waals surface area (Å²) in [6.07, 6.45) is 1.58. The van der Waals surface area contributed by atoms with E-state index in [0.717, 1.165) is 13.0 Å². The van der Waals surface area contributed by atoms with Gasteiger partial charge in [-0.05, 0) is 25.3 Å². The van der Waals surface area contributed by atoms with Gasteiger partial charge in [-0.2, -0.15) is 12.6 Å². The van der Waals surface area contributed by atoms with Gasteiger partial charge in [0.05, 0.1) is 12.6 Å². The van der Waals surface area contributed by atoms with Crippen LogP contribution in [-0.4, -0.2) is 77.0 Å². The van der Waals surface area contributed by atoms with E-state index in [9.17, 15) is 19.2 Å². The summed E-state index contributed by atoms with van der Waals surface area (Å²) in [6, 6.07) is -3.80. The van der Waals surface area contributed by atoms with Crippen LogP contribution >= 0.6 is 12.6 Å². The molecule has 154 valence electrons. The van der Waals surface area contributed by atoms with Crippen LogP contribution in [0, 0.1) is 5.92 Å². The van der Waals surface area contributed by atoms with Crippen molar-refractivity contribution >= 4 is 36.3 Å². The summed E-state index contributed by atoms with van der Waals surface area (Å²) in [4.78, 5) is 47.9. The van der Waals surface area contributed by atoms with E-state index in [1.807, 2.05) is 0 Å². The third-order valence-corrected chi connectivity index (χ3v) is 4.60. The van der Waals surface area contributed by atoms with Gasteiger partial charge in [-0.15, -0.1) is 0 Å². The minimum absolute atomic E-state index is 0.0850. The van der Waals surface area contributed by atoms with Crippen molar-refractivity contribution in [2.75, 3.05) is 18.9 Å². The summed E-state index contributed by atoms with van der Waals surface area (Å²) in [5, 5.41) is 28.2. The van der Waals surface area contributed by atoms with E-state index >= 15 is 0 Å². The fraction of sp³-hybridized carbons (Fsp3) is 0.750. The molecule has 27 heavy (non-hydrogen) atoms. The van der Waals surface area contributed by atoms with Crippen molar-refractivity contribution < 1.29 is 29.4 Å². The van der Waals surface area contributed by atoms with E-state index < -0.39 is 42.5 Å². The molecule has 0 radical (unpaired) electrons. The van der Waals surface area contributed by atoms with Crippen LogP contribution in [0.25, 0.3) is 0 Å². The van der Waals surface area contributed by atoms with Crippen molar-refractivity contribution in [1.82, 2.24) is 21.3 Å². The van der Waals surface area contributed by atoms with Crippen molar-refractivity contribution in [2.24, 2.45) is 5.92 Å². The summed E-state index contributed by atoms with van der Waals surface area (Å²) in [5.74, 6) is -3.35. The van der Waals surface area contributed by atoms with Gasteiger partial charge in [0, 0.05) is 5.75 Å².